The van der Waals surface area contributed by atoms with Gasteiger partial charge in [0.2, 0.25) is 0 Å². The van der Waals surface area contributed by atoms with Crippen molar-refractivity contribution < 1.29 is 0 Å². The normalized spacial score (nSPS) is 11.2. The second-order valence-corrected chi connectivity index (χ2v) is 9.45. The van der Waals surface area contributed by atoms with Crippen LogP contribution < -0.4 is 0 Å². The van der Waals surface area contributed by atoms with Gasteiger partial charge in [-0.2, -0.15) is 0 Å². The Kier molecular flexibility index (Phi) is 5.60. The molecule has 3 heterocycles. The maximum atomic E-state index is 5.13. The van der Waals surface area contributed by atoms with E-state index >= 15 is 0 Å². The highest BCUT2D eigenvalue weighted by molar-refractivity contribution is 6.08. The number of rotatable bonds is 4. The smallest absolute Gasteiger partial charge is 0.164 e. The number of aromatic nitrogens is 5. The molecule has 4 aromatic carbocycles. The van der Waals surface area contributed by atoms with Crippen molar-refractivity contribution in [3.8, 4) is 45.4 Å². The Morgan fingerprint density at radius 2 is 0.974 bits per heavy atom. The lowest BCUT2D eigenvalue weighted by molar-refractivity contribution is 1.08. The van der Waals surface area contributed by atoms with Crippen LogP contribution in [0.25, 0.3) is 67.2 Å². The highest BCUT2D eigenvalue weighted by Gasteiger charge is 2.18. The Hall–Kier alpha value is -5.29. The molecule has 0 unspecified atom stereocenters. The highest BCUT2D eigenvalue weighted by Crippen LogP contribution is 2.35. The van der Waals surface area contributed by atoms with E-state index in [1.165, 1.54) is 0 Å². The molecule has 0 N–H and O–H groups in total. The topological polar surface area (TPSA) is 64.5 Å². The molecule has 7 aromatic rings. The maximum Gasteiger partial charge on any atom is 0.164 e. The zero-order valence-electron chi connectivity index (χ0n) is 21.3. The Morgan fingerprint density at radius 3 is 1.59 bits per heavy atom. The van der Waals surface area contributed by atoms with Gasteiger partial charge in [-0.05, 0) is 19.1 Å². The molecule has 39 heavy (non-hydrogen) atoms. The molecular weight excluding hydrogens is 478 g/mol. The first kappa shape index (κ1) is 22.9. The minimum atomic E-state index is 0.597. The maximum absolute atomic E-state index is 5.13. The Morgan fingerprint density at radius 1 is 0.436 bits per heavy atom. The lowest BCUT2D eigenvalue weighted by Gasteiger charge is -2.13. The number of hydrogen-bond acceptors (Lipinski definition) is 5. The van der Waals surface area contributed by atoms with Crippen LogP contribution in [-0.4, -0.2) is 24.9 Å². The van der Waals surface area contributed by atoms with E-state index in [4.69, 9.17) is 24.9 Å². The number of benzene rings is 4. The van der Waals surface area contributed by atoms with Crippen molar-refractivity contribution in [1.82, 2.24) is 24.9 Å². The SMILES string of the molecule is Cc1ccc2ccc3c(-c4nc(-c5ccccc5)nc(-c5ccccc5)n4)cc(-c4ccccc4)nc3c2n1. The molecular formula is C34H23N5. The molecule has 0 aliphatic carbocycles. The van der Waals surface area contributed by atoms with Crippen molar-refractivity contribution in [3.63, 3.8) is 0 Å². The van der Waals surface area contributed by atoms with Crippen LogP contribution >= 0.6 is 0 Å². The summed E-state index contributed by atoms with van der Waals surface area (Å²) in [6.07, 6.45) is 0. The minimum absolute atomic E-state index is 0.597. The second kappa shape index (κ2) is 9.54. The van der Waals surface area contributed by atoms with Gasteiger partial charge in [-0.15, -0.1) is 0 Å². The molecule has 0 aliphatic rings. The first-order valence-electron chi connectivity index (χ1n) is 12.9. The van der Waals surface area contributed by atoms with Gasteiger partial charge in [0.25, 0.3) is 0 Å². The predicted molar refractivity (Wildman–Crippen MR) is 157 cm³/mol. The first-order valence-corrected chi connectivity index (χ1v) is 12.9. The van der Waals surface area contributed by atoms with Crippen LogP contribution in [0.2, 0.25) is 0 Å². The van der Waals surface area contributed by atoms with Crippen LogP contribution in [0, 0.1) is 6.92 Å². The quantitative estimate of drug-likeness (QED) is 0.229. The first-order chi connectivity index (χ1) is 19.2. The van der Waals surface area contributed by atoms with Crippen molar-refractivity contribution in [1.29, 1.82) is 0 Å². The van der Waals surface area contributed by atoms with Gasteiger partial charge in [0.1, 0.15) is 0 Å². The molecule has 0 saturated carbocycles. The molecule has 7 rings (SSSR count). The number of pyridine rings is 2. The standard InChI is InChI=1S/C34H23N5/c1-22-17-18-24-19-20-27-28(21-29(23-11-5-2-6-12-23)36-31(27)30(24)35-22)34-38-32(25-13-7-3-8-14-25)37-33(39-34)26-15-9-4-10-16-26/h2-21H,1H3. The molecule has 5 nitrogen and oxygen atoms in total. The Bertz CT molecular complexity index is 1900. The Labute approximate surface area is 225 Å². The molecule has 184 valence electrons. The van der Waals surface area contributed by atoms with Crippen molar-refractivity contribution in [2.24, 2.45) is 0 Å². The summed E-state index contributed by atoms with van der Waals surface area (Å²) in [7, 11) is 0. The number of hydrogen-bond donors (Lipinski definition) is 0. The van der Waals surface area contributed by atoms with Crippen LogP contribution in [0.1, 0.15) is 5.69 Å². The van der Waals surface area contributed by atoms with Crippen molar-refractivity contribution in [2.45, 2.75) is 6.92 Å². The summed E-state index contributed by atoms with van der Waals surface area (Å²) in [5.41, 5.74) is 7.26. The van der Waals surface area contributed by atoms with Gasteiger partial charge in [-0.3, -0.25) is 4.98 Å². The summed E-state index contributed by atoms with van der Waals surface area (Å²) in [5, 5.41) is 1.99. The van der Waals surface area contributed by atoms with Crippen LogP contribution in [0.4, 0.5) is 0 Å². The van der Waals surface area contributed by atoms with Gasteiger partial charge in [0.15, 0.2) is 17.5 Å². The van der Waals surface area contributed by atoms with Crippen LogP contribution in [0.3, 0.4) is 0 Å². The molecule has 0 spiro atoms. The van der Waals surface area contributed by atoms with E-state index in [0.29, 0.717) is 17.5 Å². The molecule has 0 bridgehead atoms. The fourth-order valence-electron chi connectivity index (χ4n) is 4.84. The van der Waals surface area contributed by atoms with Gasteiger partial charge in [-0.25, -0.2) is 19.9 Å². The van der Waals surface area contributed by atoms with E-state index in [1.54, 1.807) is 0 Å². The van der Waals surface area contributed by atoms with Crippen molar-refractivity contribution in [3.05, 3.63) is 127 Å². The van der Waals surface area contributed by atoms with Gasteiger partial charge in [0, 0.05) is 38.7 Å². The molecule has 0 saturated heterocycles. The zero-order valence-corrected chi connectivity index (χ0v) is 21.3. The summed E-state index contributed by atoms with van der Waals surface area (Å²) in [5.74, 6) is 1.85. The lowest BCUT2D eigenvalue weighted by Crippen LogP contribution is -2.01. The van der Waals surface area contributed by atoms with E-state index in [2.05, 4.69) is 36.4 Å². The molecule has 3 aromatic heterocycles. The summed E-state index contributed by atoms with van der Waals surface area (Å²) in [6, 6.07) is 40.6. The van der Waals surface area contributed by atoms with E-state index < -0.39 is 0 Å². The highest BCUT2D eigenvalue weighted by atomic mass is 15.0. The van der Waals surface area contributed by atoms with E-state index in [0.717, 1.165) is 55.4 Å². The number of fused-ring (bicyclic) bond motifs is 3. The third kappa shape index (κ3) is 4.30. The average Bonchev–Trinajstić information content (AvgIpc) is 3.01. The van der Waals surface area contributed by atoms with Gasteiger partial charge < -0.3 is 0 Å². The fraction of sp³-hybridized carbons (Fsp3) is 0.0294. The van der Waals surface area contributed by atoms with Gasteiger partial charge in [0.05, 0.1) is 16.7 Å². The van der Waals surface area contributed by atoms with Crippen LogP contribution in [-0.2, 0) is 0 Å². The molecule has 5 heteroatoms. The third-order valence-electron chi connectivity index (χ3n) is 6.79. The minimum Gasteiger partial charge on any atom is -0.251 e. The summed E-state index contributed by atoms with van der Waals surface area (Å²) < 4.78 is 0. The van der Waals surface area contributed by atoms with E-state index in [-0.39, 0.29) is 0 Å². The summed E-state index contributed by atoms with van der Waals surface area (Å²) in [4.78, 5) is 24.9. The Balaban J connectivity index is 1.56. The molecule has 0 fully saturated rings. The van der Waals surface area contributed by atoms with Crippen molar-refractivity contribution in [2.75, 3.05) is 0 Å². The molecule has 0 radical (unpaired) electrons. The predicted octanol–water partition coefficient (Wildman–Crippen LogP) is 7.94. The number of aryl methyl sites for hydroxylation is 1. The lowest BCUT2D eigenvalue weighted by atomic mass is 10.0. The van der Waals surface area contributed by atoms with Gasteiger partial charge >= 0.3 is 0 Å². The van der Waals surface area contributed by atoms with Crippen molar-refractivity contribution >= 4 is 21.8 Å². The summed E-state index contributed by atoms with van der Waals surface area (Å²) >= 11 is 0. The van der Waals surface area contributed by atoms with E-state index in [1.807, 2.05) is 91.9 Å². The average molecular weight is 502 g/mol. The fourth-order valence-corrected chi connectivity index (χ4v) is 4.84. The monoisotopic (exact) mass is 501 g/mol. The van der Waals surface area contributed by atoms with Gasteiger partial charge in [-0.1, -0.05) is 109 Å². The second-order valence-electron chi connectivity index (χ2n) is 9.45. The molecule has 0 amide bonds. The largest absolute Gasteiger partial charge is 0.251 e. The molecule has 0 atom stereocenters. The summed E-state index contributed by atoms with van der Waals surface area (Å²) in [6.45, 7) is 2.00. The van der Waals surface area contributed by atoms with Crippen LogP contribution in [0.5, 0.6) is 0 Å². The molecule has 0 aliphatic heterocycles. The number of nitrogens with zero attached hydrogens (tertiary/aromatic N) is 5. The zero-order chi connectivity index (χ0) is 26.2. The van der Waals surface area contributed by atoms with E-state index in [9.17, 15) is 0 Å². The van der Waals surface area contributed by atoms with Crippen LogP contribution in [0.15, 0.2) is 121 Å². The third-order valence-corrected chi connectivity index (χ3v) is 6.79.